The maximum Gasteiger partial charge on any atom is 0.404 e. The highest BCUT2D eigenvalue weighted by Crippen LogP contribution is 2.72. The van der Waals surface area contributed by atoms with Crippen molar-refractivity contribution in [3.05, 3.63) is 23.8 Å². The predicted octanol–water partition coefficient (Wildman–Crippen LogP) is 3.80. The molecule has 4 unspecified atom stereocenters. The highest BCUT2D eigenvalue weighted by Gasteiger charge is 2.80. The molecule has 4 aliphatic carbocycles. The van der Waals surface area contributed by atoms with E-state index in [-0.39, 0.29) is 18.1 Å². The molecule has 0 aromatic carbocycles. The Kier molecular flexibility index (Phi) is 5.11. The van der Waals surface area contributed by atoms with Gasteiger partial charge in [0.15, 0.2) is 29.4 Å². The third-order valence-electron chi connectivity index (χ3n) is 9.36. The lowest BCUT2D eigenvalue weighted by molar-refractivity contribution is -0.246. The molecule has 1 N–H and O–H groups in total. The van der Waals surface area contributed by atoms with Crippen LogP contribution in [0.25, 0.3) is 0 Å². The van der Waals surface area contributed by atoms with E-state index < -0.39 is 63.8 Å². The lowest BCUT2D eigenvalue weighted by atomic mass is 9.44. The number of aliphatic hydroxyl groups is 1. The van der Waals surface area contributed by atoms with Crippen molar-refractivity contribution in [2.75, 3.05) is 6.61 Å². The summed E-state index contributed by atoms with van der Waals surface area (Å²) in [6.07, 6.45) is 3.60. The van der Waals surface area contributed by atoms with E-state index in [4.69, 9.17) is 25.8 Å². The van der Waals surface area contributed by atoms with E-state index >= 15 is 4.39 Å². The molecule has 3 saturated carbocycles. The van der Waals surface area contributed by atoms with Crippen molar-refractivity contribution in [3.8, 4) is 0 Å². The zero-order chi connectivity index (χ0) is 24.9. The number of halogens is 2. The van der Waals surface area contributed by atoms with Crippen LogP contribution in [0.1, 0.15) is 53.4 Å². The summed E-state index contributed by atoms with van der Waals surface area (Å²) in [6, 6.07) is 0. The number of carbonyl (C=O) groups excluding carboxylic acids is 3. The van der Waals surface area contributed by atoms with Crippen LogP contribution in [0.3, 0.4) is 0 Å². The van der Waals surface area contributed by atoms with Crippen LogP contribution < -0.4 is 0 Å². The van der Waals surface area contributed by atoms with Crippen LogP contribution in [0.15, 0.2) is 23.8 Å². The SMILES string of the molecule is CC1(C)O[C@@H]2CC3C4CCC5=CC(=O)C=CC5(C)[C@@]4(F)C(O)C[C@]3(C)[C@]2(C(=O)COC(=O)Cl)O1. The lowest BCUT2D eigenvalue weighted by Crippen LogP contribution is -2.70. The van der Waals surface area contributed by atoms with E-state index in [2.05, 4.69) is 0 Å². The Morgan fingerprint density at radius 2 is 1.97 bits per heavy atom. The first-order valence-corrected chi connectivity index (χ1v) is 12.1. The fraction of sp³-hybridized carbons (Fsp3) is 0.720. The van der Waals surface area contributed by atoms with Crippen LogP contribution in [-0.2, 0) is 23.8 Å². The smallest absolute Gasteiger partial charge is 0.404 e. The molecule has 1 heterocycles. The van der Waals surface area contributed by atoms with Crippen LogP contribution in [0.5, 0.6) is 0 Å². The van der Waals surface area contributed by atoms with Gasteiger partial charge in [-0.3, -0.25) is 9.59 Å². The molecule has 0 bridgehead atoms. The molecule has 34 heavy (non-hydrogen) atoms. The standard InChI is InChI=1S/C25H30ClFO7/c1-21(2)33-19-10-16-15-6-5-13-9-14(28)7-8-22(13,3)24(15,27)17(29)11-23(16,4)25(19,34-21)18(30)12-32-20(26)31/h7-9,15-17,19,29H,5-6,10-12H2,1-4H3/t15?,16?,17?,19-,22?,23+,24+,25-/m1/s1. The number of aliphatic hydroxyl groups excluding tert-OH is 1. The maximum absolute atomic E-state index is 17.3. The number of ketones is 2. The molecule has 0 aromatic heterocycles. The van der Waals surface area contributed by atoms with Crippen molar-refractivity contribution < 1.29 is 38.1 Å². The van der Waals surface area contributed by atoms with Crippen molar-refractivity contribution in [2.24, 2.45) is 22.7 Å². The van der Waals surface area contributed by atoms with Crippen LogP contribution >= 0.6 is 11.6 Å². The molecular weight excluding hydrogens is 467 g/mol. The summed E-state index contributed by atoms with van der Waals surface area (Å²) in [7, 11) is 0. The molecule has 0 radical (unpaired) electrons. The van der Waals surface area contributed by atoms with Crippen molar-refractivity contribution >= 4 is 28.6 Å². The zero-order valence-corrected chi connectivity index (χ0v) is 20.5. The molecule has 0 spiro atoms. The summed E-state index contributed by atoms with van der Waals surface area (Å²) in [5.41, 5.74) is -6.08. The topological polar surface area (TPSA) is 99.1 Å². The summed E-state index contributed by atoms with van der Waals surface area (Å²) >= 11 is 5.31. The molecule has 8 atom stereocenters. The first kappa shape index (κ1) is 24.1. The predicted molar refractivity (Wildman–Crippen MR) is 119 cm³/mol. The quantitative estimate of drug-likeness (QED) is 0.593. The molecule has 0 amide bonds. The number of Topliss-reactive ketones (excluding diaryl/α,β-unsaturated/α-hetero) is 1. The van der Waals surface area contributed by atoms with E-state index in [9.17, 15) is 19.5 Å². The fourth-order valence-corrected chi connectivity index (χ4v) is 8.09. The summed E-state index contributed by atoms with van der Waals surface area (Å²) in [6.45, 7) is 6.39. The average Bonchev–Trinajstić information content (AvgIpc) is 3.14. The number of rotatable bonds is 3. The van der Waals surface area contributed by atoms with Gasteiger partial charge >= 0.3 is 5.43 Å². The van der Waals surface area contributed by atoms with Gasteiger partial charge in [0.05, 0.1) is 12.2 Å². The number of allylic oxidation sites excluding steroid dienone is 4. The molecule has 4 fully saturated rings. The Balaban J connectivity index is 1.60. The van der Waals surface area contributed by atoms with Gasteiger partial charge in [0.2, 0.25) is 5.78 Å². The summed E-state index contributed by atoms with van der Waals surface area (Å²) < 4.78 is 34.6. The first-order chi connectivity index (χ1) is 15.7. The van der Waals surface area contributed by atoms with E-state index in [1.54, 1.807) is 26.8 Å². The van der Waals surface area contributed by atoms with E-state index in [0.29, 0.717) is 24.8 Å². The molecule has 9 heteroatoms. The monoisotopic (exact) mass is 496 g/mol. The third kappa shape index (κ3) is 2.83. The molecule has 5 rings (SSSR count). The average molecular weight is 497 g/mol. The number of ether oxygens (including phenoxy) is 3. The summed E-state index contributed by atoms with van der Waals surface area (Å²) in [4.78, 5) is 36.8. The van der Waals surface area contributed by atoms with Gasteiger partial charge in [-0.15, -0.1) is 0 Å². The van der Waals surface area contributed by atoms with Gasteiger partial charge in [-0.05, 0) is 64.5 Å². The molecule has 5 aliphatic rings. The van der Waals surface area contributed by atoms with Gasteiger partial charge in [-0.1, -0.05) is 18.6 Å². The fourth-order valence-electron chi connectivity index (χ4n) is 8.04. The largest absolute Gasteiger partial charge is 0.446 e. The number of alkyl halides is 1. The summed E-state index contributed by atoms with van der Waals surface area (Å²) in [5, 5.41) is 11.5. The second-order valence-electron chi connectivity index (χ2n) is 11.3. The third-order valence-corrected chi connectivity index (χ3v) is 9.47. The normalized spacial score (nSPS) is 48.3. The van der Waals surface area contributed by atoms with Crippen molar-refractivity contribution in [1.29, 1.82) is 0 Å². The minimum atomic E-state index is -2.03. The van der Waals surface area contributed by atoms with Crippen LogP contribution in [0, 0.1) is 22.7 Å². The Morgan fingerprint density at radius 3 is 2.65 bits per heavy atom. The molecule has 7 nitrogen and oxygen atoms in total. The molecule has 1 saturated heterocycles. The van der Waals surface area contributed by atoms with Gasteiger partial charge in [-0.25, -0.2) is 9.18 Å². The second kappa shape index (κ2) is 7.21. The zero-order valence-electron chi connectivity index (χ0n) is 19.7. The van der Waals surface area contributed by atoms with E-state index in [0.717, 1.165) is 0 Å². The van der Waals surface area contributed by atoms with Crippen LogP contribution in [0.2, 0.25) is 0 Å². The first-order valence-electron chi connectivity index (χ1n) is 11.8. The highest BCUT2D eigenvalue weighted by molar-refractivity contribution is 6.61. The molecule has 1 aliphatic heterocycles. The second-order valence-corrected chi connectivity index (χ2v) is 11.6. The Hall–Kier alpha value is -1.61. The van der Waals surface area contributed by atoms with Gasteiger partial charge in [0, 0.05) is 28.3 Å². The van der Waals surface area contributed by atoms with Crippen LogP contribution in [0.4, 0.5) is 9.18 Å². The molecule has 0 aromatic rings. The Morgan fingerprint density at radius 1 is 1.26 bits per heavy atom. The van der Waals surface area contributed by atoms with Crippen molar-refractivity contribution in [2.45, 2.75) is 82.6 Å². The highest BCUT2D eigenvalue weighted by atomic mass is 35.5. The van der Waals surface area contributed by atoms with E-state index in [1.807, 2.05) is 6.92 Å². The number of fused-ring (bicyclic) bond motifs is 7. The number of hydrogen-bond donors (Lipinski definition) is 1. The Bertz CT molecular complexity index is 1040. The number of carbonyl (C=O) groups is 3. The van der Waals surface area contributed by atoms with Gasteiger partial charge in [0.1, 0.15) is 0 Å². The minimum absolute atomic E-state index is 0.0498. The van der Waals surface area contributed by atoms with Gasteiger partial charge < -0.3 is 19.3 Å². The van der Waals surface area contributed by atoms with Crippen molar-refractivity contribution in [3.63, 3.8) is 0 Å². The minimum Gasteiger partial charge on any atom is -0.446 e. The van der Waals surface area contributed by atoms with Gasteiger partial charge in [-0.2, -0.15) is 0 Å². The molecular formula is C25H30ClFO7. The Labute approximate surface area is 202 Å². The van der Waals surface area contributed by atoms with Gasteiger partial charge in [0.25, 0.3) is 0 Å². The molecule has 186 valence electrons. The summed E-state index contributed by atoms with van der Waals surface area (Å²) in [5.74, 6) is -2.71. The maximum atomic E-state index is 17.3. The van der Waals surface area contributed by atoms with Crippen LogP contribution in [-0.4, -0.2) is 58.0 Å². The van der Waals surface area contributed by atoms with E-state index in [1.165, 1.54) is 12.2 Å². The van der Waals surface area contributed by atoms with Crippen molar-refractivity contribution in [1.82, 2.24) is 0 Å². The lowest BCUT2D eigenvalue weighted by Gasteiger charge is -2.62. The number of hydrogen-bond acceptors (Lipinski definition) is 7.